The lowest BCUT2D eigenvalue weighted by molar-refractivity contribution is -0.150. The maximum atomic E-state index is 12.6. The van der Waals surface area contributed by atoms with E-state index in [-0.39, 0.29) is 16.6 Å². The van der Waals surface area contributed by atoms with Gasteiger partial charge in [-0.05, 0) is 38.5 Å². The van der Waals surface area contributed by atoms with Crippen molar-refractivity contribution in [2.24, 2.45) is 0 Å². The van der Waals surface area contributed by atoms with Gasteiger partial charge in [0.1, 0.15) is 0 Å². The van der Waals surface area contributed by atoms with Crippen LogP contribution in [-0.2, 0) is 24.3 Å². The minimum atomic E-state index is -3.69. The number of ether oxygens (including phenoxy) is 2. The van der Waals surface area contributed by atoms with Gasteiger partial charge in [0.2, 0.25) is 10.0 Å². The molecule has 25 heavy (non-hydrogen) atoms. The second-order valence-electron chi connectivity index (χ2n) is 5.68. The molecule has 0 saturated heterocycles. The molecule has 0 atom stereocenters. The first-order chi connectivity index (χ1) is 11.6. The zero-order chi connectivity index (χ0) is 19.2. The van der Waals surface area contributed by atoms with Crippen LogP contribution in [-0.4, -0.2) is 50.5 Å². The van der Waals surface area contributed by atoms with Crippen LogP contribution in [0, 0.1) is 6.92 Å². The number of carbonyl (C=O) groups is 2. The van der Waals surface area contributed by atoms with E-state index in [1.807, 2.05) is 0 Å². The van der Waals surface area contributed by atoms with E-state index in [9.17, 15) is 18.0 Å². The van der Waals surface area contributed by atoms with E-state index < -0.39 is 28.6 Å². The molecule has 0 fully saturated rings. The van der Waals surface area contributed by atoms with Crippen LogP contribution in [0.5, 0.6) is 0 Å². The third kappa shape index (κ3) is 5.54. The molecule has 0 saturated carbocycles. The number of sulfonamides is 1. The highest BCUT2D eigenvalue weighted by Gasteiger charge is 2.24. The SMILES string of the molecule is CCN(CC)S(=O)(=O)c1ccc(C)c(C(=O)OCC(=O)OC(C)C)c1. The fourth-order valence-corrected chi connectivity index (χ4v) is 3.68. The number of carbonyl (C=O) groups excluding carboxylic acids is 2. The molecule has 0 amide bonds. The summed E-state index contributed by atoms with van der Waals surface area (Å²) in [5.41, 5.74) is 0.659. The number of esters is 2. The minimum Gasteiger partial charge on any atom is -0.460 e. The molecule has 0 radical (unpaired) electrons. The standard InChI is InChI=1S/C17H25NO6S/c1-6-18(7-2)25(21,22)14-9-8-13(5)15(10-14)17(20)23-11-16(19)24-12(3)4/h8-10,12H,6-7,11H2,1-5H3. The molecule has 0 N–H and O–H groups in total. The van der Waals surface area contributed by atoms with Gasteiger partial charge in [0.15, 0.2) is 6.61 Å². The van der Waals surface area contributed by atoms with E-state index in [1.165, 1.54) is 16.4 Å². The van der Waals surface area contributed by atoms with E-state index in [4.69, 9.17) is 9.47 Å². The topological polar surface area (TPSA) is 90.0 Å². The molecule has 0 unspecified atom stereocenters. The zero-order valence-corrected chi connectivity index (χ0v) is 16.1. The van der Waals surface area contributed by atoms with Crippen LogP contribution in [0.1, 0.15) is 43.6 Å². The van der Waals surface area contributed by atoms with Gasteiger partial charge in [-0.25, -0.2) is 18.0 Å². The number of hydrogen-bond donors (Lipinski definition) is 0. The van der Waals surface area contributed by atoms with Gasteiger partial charge in [-0.1, -0.05) is 19.9 Å². The van der Waals surface area contributed by atoms with Crippen molar-refractivity contribution < 1.29 is 27.5 Å². The molecular weight excluding hydrogens is 346 g/mol. The van der Waals surface area contributed by atoms with Crippen molar-refractivity contribution in [2.45, 2.75) is 45.6 Å². The Kier molecular flexibility index (Phi) is 7.57. The van der Waals surface area contributed by atoms with Crippen molar-refractivity contribution in [3.05, 3.63) is 29.3 Å². The summed E-state index contributed by atoms with van der Waals surface area (Å²) in [4.78, 5) is 23.7. The Hall–Kier alpha value is -1.93. The highest BCUT2D eigenvalue weighted by atomic mass is 32.2. The largest absolute Gasteiger partial charge is 0.460 e. The van der Waals surface area contributed by atoms with Crippen LogP contribution in [0.2, 0.25) is 0 Å². The molecule has 1 aromatic carbocycles. The van der Waals surface area contributed by atoms with Gasteiger partial charge in [0.05, 0.1) is 16.6 Å². The predicted octanol–water partition coefficient (Wildman–Crippen LogP) is 2.13. The quantitative estimate of drug-likeness (QED) is 0.650. The first-order valence-electron chi connectivity index (χ1n) is 8.10. The van der Waals surface area contributed by atoms with Crippen LogP contribution in [0.3, 0.4) is 0 Å². The molecule has 0 aliphatic heterocycles. The van der Waals surface area contributed by atoms with Crippen molar-refractivity contribution >= 4 is 22.0 Å². The Morgan fingerprint density at radius 2 is 1.76 bits per heavy atom. The van der Waals surface area contributed by atoms with Gasteiger partial charge in [-0.3, -0.25) is 0 Å². The molecule has 140 valence electrons. The lowest BCUT2D eigenvalue weighted by Crippen LogP contribution is -2.30. The summed E-state index contributed by atoms with van der Waals surface area (Å²) < 4.78 is 36.3. The minimum absolute atomic E-state index is 0.0125. The summed E-state index contributed by atoms with van der Waals surface area (Å²) >= 11 is 0. The van der Waals surface area contributed by atoms with E-state index in [0.717, 1.165) is 0 Å². The Bertz CT molecular complexity index is 723. The Balaban J connectivity index is 3.02. The molecule has 7 nitrogen and oxygen atoms in total. The molecule has 0 aliphatic carbocycles. The van der Waals surface area contributed by atoms with Gasteiger partial charge in [0, 0.05) is 13.1 Å². The summed E-state index contributed by atoms with van der Waals surface area (Å²) in [6.45, 7) is 8.65. The van der Waals surface area contributed by atoms with Gasteiger partial charge in [-0.2, -0.15) is 4.31 Å². The van der Waals surface area contributed by atoms with E-state index in [1.54, 1.807) is 40.7 Å². The number of nitrogens with zero attached hydrogens (tertiary/aromatic N) is 1. The average molecular weight is 371 g/mol. The third-order valence-corrected chi connectivity index (χ3v) is 5.51. The first-order valence-corrected chi connectivity index (χ1v) is 9.54. The van der Waals surface area contributed by atoms with E-state index in [2.05, 4.69) is 0 Å². The number of aryl methyl sites for hydroxylation is 1. The van der Waals surface area contributed by atoms with Gasteiger partial charge < -0.3 is 9.47 Å². The molecule has 1 rings (SSSR count). The zero-order valence-electron chi connectivity index (χ0n) is 15.2. The third-order valence-electron chi connectivity index (χ3n) is 3.46. The summed E-state index contributed by atoms with van der Waals surface area (Å²) in [6, 6.07) is 4.27. The van der Waals surface area contributed by atoms with Crippen molar-refractivity contribution in [3.8, 4) is 0 Å². The van der Waals surface area contributed by atoms with Crippen molar-refractivity contribution in [1.82, 2.24) is 4.31 Å². The number of hydrogen-bond acceptors (Lipinski definition) is 6. The fourth-order valence-electron chi connectivity index (χ4n) is 2.19. The molecule has 0 bridgehead atoms. The number of rotatable bonds is 8. The summed E-state index contributed by atoms with van der Waals surface area (Å²) in [5.74, 6) is -1.43. The molecule has 8 heteroatoms. The van der Waals surface area contributed by atoms with Crippen LogP contribution in [0.25, 0.3) is 0 Å². The van der Waals surface area contributed by atoms with Crippen LogP contribution >= 0.6 is 0 Å². The second-order valence-corrected chi connectivity index (χ2v) is 7.62. The van der Waals surface area contributed by atoms with Crippen molar-refractivity contribution in [3.63, 3.8) is 0 Å². The smallest absolute Gasteiger partial charge is 0.344 e. The predicted molar refractivity (Wildman–Crippen MR) is 92.8 cm³/mol. The molecule has 0 heterocycles. The van der Waals surface area contributed by atoms with Gasteiger partial charge in [-0.15, -0.1) is 0 Å². The maximum absolute atomic E-state index is 12.6. The summed E-state index contributed by atoms with van der Waals surface area (Å²) in [5, 5.41) is 0. The molecule has 1 aromatic rings. The molecule has 0 aromatic heterocycles. The Labute approximate surface area is 149 Å². The monoisotopic (exact) mass is 371 g/mol. The van der Waals surface area contributed by atoms with Gasteiger partial charge in [0.25, 0.3) is 0 Å². The normalized spacial score (nSPS) is 11.6. The van der Waals surface area contributed by atoms with Crippen LogP contribution < -0.4 is 0 Å². The highest BCUT2D eigenvalue weighted by Crippen LogP contribution is 2.20. The van der Waals surface area contributed by atoms with Gasteiger partial charge >= 0.3 is 11.9 Å². The highest BCUT2D eigenvalue weighted by molar-refractivity contribution is 7.89. The van der Waals surface area contributed by atoms with Crippen LogP contribution in [0.4, 0.5) is 0 Å². The molecule has 0 aliphatic rings. The van der Waals surface area contributed by atoms with Crippen molar-refractivity contribution in [1.29, 1.82) is 0 Å². The van der Waals surface area contributed by atoms with E-state index in [0.29, 0.717) is 18.7 Å². The van der Waals surface area contributed by atoms with Crippen LogP contribution in [0.15, 0.2) is 23.1 Å². The fraction of sp³-hybridized carbons (Fsp3) is 0.529. The molecule has 0 spiro atoms. The lowest BCUT2D eigenvalue weighted by atomic mass is 10.1. The van der Waals surface area contributed by atoms with Crippen molar-refractivity contribution in [2.75, 3.05) is 19.7 Å². The summed E-state index contributed by atoms with van der Waals surface area (Å²) in [6.07, 6.45) is -0.310. The first kappa shape index (κ1) is 21.1. The Morgan fingerprint density at radius 3 is 2.28 bits per heavy atom. The second kappa shape index (κ2) is 8.96. The Morgan fingerprint density at radius 1 is 1.16 bits per heavy atom. The number of benzene rings is 1. The maximum Gasteiger partial charge on any atom is 0.344 e. The summed E-state index contributed by atoms with van der Waals surface area (Å²) in [7, 11) is -3.69. The van der Waals surface area contributed by atoms with E-state index >= 15 is 0 Å². The molecular formula is C17H25NO6S. The average Bonchev–Trinajstić information content (AvgIpc) is 2.53. The lowest BCUT2D eigenvalue weighted by Gasteiger charge is -2.19.